The van der Waals surface area contributed by atoms with Gasteiger partial charge in [-0.05, 0) is 18.4 Å². The van der Waals surface area contributed by atoms with E-state index in [4.69, 9.17) is 9.47 Å². The number of nitrogens with zero attached hydrogens (tertiary/aromatic N) is 3. The zero-order valence-electron chi connectivity index (χ0n) is 14.4. The van der Waals surface area contributed by atoms with Crippen molar-refractivity contribution in [1.29, 1.82) is 0 Å². The highest BCUT2D eigenvalue weighted by Crippen LogP contribution is 2.24. The Hall–Kier alpha value is -2.63. The van der Waals surface area contributed by atoms with E-state index >= 15 is 0 Å². The summed E-state index contributed by atoms with van der Waals surface area (Å²) in [4.78, 5) is 22.5. The Kier molecular flexibility index (Phi) is 5.82. The lowest BCUT2D eigenvalue weighted by atomic mass is 10.1. The number of benzene rings is 1. The third-order valence-corrected chi connectivity index (χ3v) is 4.30. The van der Waals surface area contributed by atoms with Crippen molar-refractivity contribution in [2.45, 2.75) is 31.8 Å². The van der Waals surface area contributed by atoms with Crippen molar-refractivity contribution in [3.05, 3.63) is 48.3 Å². The molecule has 1 fully saturated rings. The lowest BCUT2D eigenvalue weighted by molar-refractivity contribution is -0.130. The number of aromatic nitrogens is 2. The van der Waals surface area contributed by atoms with E-state index in [2.05, 4.69) is 22.1 Å². The second-order valence-electron chi connectivity index (χ2n) is 6.08. The molecule has 132 valence electrons. The van der Waals surface area contributed by atoms with Crippen LogP contribution in [0.25, 0.3) is 0 Å². The van der Waals surface area contributed by atoms with Crippen LogP contribution >= 0.6 is 0 Å². The molecule has 25 heavy (non-hydrogen) atoms. The minimum absolute atomic E-state index is 0.0660. The third-order valence-electron chi connectivity index (χ3n) is 4.30. The smallest absolute Gasteiger partial charge is 0.278 e. The Bertz CT molecular complexity index is 693. The molecule has 1 aromatic heterocycles. The van der Waals surface area contributed by atoms with E-state index in [0.717, 1.165) is 25.8 Å². The molecule has 1 aromatic carbocycles. The summed E-state index contributed by atoms with van der Waals surface area (Å²) in [7, 11) is 1.54. The monoisotopic (exact) mass is 341 g/mol. The van der Waals surface area contributed by atoms with E-state index in [-0.39, 0.29) is 12.0 Å². The Morgan fingerprint density at radius 3 is 2.72 bits per heavy atom. The number of amides is 1. The lowest BCUT2D eigenvalue weighted by Gasteiger charge is -2.17. The summed E-state index contributed by atoms with van der Waals surface area (Å²) in [6.45, 7) is 1.31. The van der Waals surface area contributed by atoms with E-state index in [0.29, 0.717) is 24.7 Å². The average molecular weight is 341 g/mol. The van der Waals surface area contributed by atoms with Crippen LogP contribution in [0.1, 0.15) is 24.8 Å². The molecule has 6 heteroatoms. The number of aryl methyl sites for hydroxylation is 1. The molecule has 0 bridgehead atoms. The lowest BCUT2D eigenvalue weighted by Crippen LogP contribution is -2.31. The summed E-state index contributed by atoms with van der Waals surface area (Å²) in [6.07, 6.45) is 6.21. The number of hydrogen-bond acceptors (Lipinski definition) is 5. The van der Waals surface area contributed by atoms with Crippen molar-refractivity contribution in [2.75, 3.05) is 20.2 Å². The molecule has 1 aliphatic rings. The van der Waals surface area contributed by atoms with Crippen LogP contribution in [0.4, 0.5) is 0 Å². The van der Waals surface area contributed by atoms with Gasteiger partial charge in [-0.2, -0.15) is 0 Å². The predicted octanol–water partition coefficient (Wildman–Crippen LogP) is 2.49. The molecule has 1 unspecified atom stereocenters. The fourth-order valence-electron chi connectivity index (χ4n) is 2.99. The van der Waals surface area contributed by atoms with Crippen molar-refractivity contribution in [3.8, 4) is 11.8 Å². The van der Waals surface area contributed by atoms with Crippen LogP contribution in [0.15, 0.2) is 42.7 Å². The van der Waals surface area contributed by atoms with Crippen LogP contribution in [0, 0.1) is 0 Å². The first-order valence-electron chi connectivity index (χ1n) is 8.59. The second-order valence-corrected chi connectivity index (χ2v) is 6.08. The molecule has 6 nitrogen and oxygen atoms in total. The van der Waals surface area contributed by atoms with Gasteiger partial charge in [-0.3, -0.25) is 4.79 Å². The molecular formula is C19H23N3O3. The third kappa shape index (κ3) is 4.68. The standard InChI is InChI=1S/C19H23N3O3/c1-24-18-19(21-12-11-20-18)25-16-10-13-22(14-16)17(23)9-5-8-15-6-3-2-4-7-15/h2-4,6-7,11-12,16H,5,8-10,13-14H2,1H3. The topological polar surface area (TPSA) is 64.6 Å². The Morgan fingerprint density at radius 1 is 1.20 bits per heavy atom. The highest BCUT2D eigenvalue weighted by atomic mass is 16.5. The highest BCUT2D eigenvalue weighted by molar-refractivity contribution is 5.76. The normalized spacial score (nSPS) is 16.7. The fourth-order valence-corrected chi connectivity index (χ4v) is 2.99. The number of likely N-dealkylation sites (tertiary alicyclic amines) is 1. The second kappa shape index (κ2) is 8.46. The Balaban J connectivity index is 1.45. The van der Waals surface area contributed by atoms with E-state index in [1.807, 2.05) is 23.1 Å². The molecule has 0 spiro atoms. The minimum Gasteiger partial charge on any atom is -0.477 e. The molecule has 2 aromatic rings. The molecule has 0 aliphatic carbocycles. The van der Waals surface area contributed by atoms with Gasteiger partial charge < -0.3 is 14.4 Å². The molecule has 1 aliphatic heterocycles. The molecule has 1 atom stereocenters. The van der Waals surface area contributed by atoms with Crippen molar-refractivity contribution < 1.29 is 14.3 Å². The van der Waals surface area contributed by atoms with Crippen molar-refractivity contribution in [3.63, 3.8) is 0 Å². The molecular weight excluding hydrogens is 318 g/mol. The summed E-state index contributed by atoms with van der Waals surface area (Å²) >= 11 is 0. The Labute approximate surface area is 147 Å². The van der Waals surface area contributed by atoms with Crippen molar-refractivity contribution in [2.24, 2.45) is 0 Å². The van der Waals surface area contributed by atoms with Crippen LogP contribution in [0.2, 0.25) is 0 Å². The molecule has 0 radical (unpaired) electrons. The van der Waals surface area contributed by atoms with Gasteiger partial charge in [0.15, 0.2) is 0 Å². The van der Waals surface area contributed by atoms with Gasteiger partial charge in [-0.25, -0.2) is 9.97 Å². The van der Waals surface area contributed by atoms with E-state index < -0.39 is 0 Å². The number of rotatable bonds is 7. The molecule has 1 saturated heterocycles. The van der Waals surface area contributed by atoms with Crippen LogP contribution in [-0.4, -0.2) is 47.1 Å². The van der Waals surface area contributed by atoms with Gasteiger partial charge in [-0.15, -0.1) is 0 Å². The Morgan fingerprint density at radius 2 is 1.96 bits per heavy atom. The fraction of sp³-hybridized carbons (Fsp3) is 0.421. The predicted molar refractivity (Wildman–Crippen MR) is 93.6 cm³/mol. The number of hydrogen-bond donors (Lipinski definition) is 0. The van der Waals surface area contributed by atoms with Gasteiger partial charge in [0.1, 0.15) is 6.10 Å². The maximum Gasteiger partial charge on any atom is 0.278 e. The first kappa shape index (κ1) is 17.2. The van der Waals surface area contributed by atoms with E-state index in [1.165, 1.54) is 12.7 Å². The molecule has 0 N–H and O–H groups in total. The van der Waals surface area contributed by atoms with Crippen molar-refractivity contribution in [1.82, 2.24) is 14.9 Å². The average Bonchev–Trinajstić information content (AvgIpc) is 3.12. The van der Waals surface area contributed by atoms with Gasteiger partial charge in [0.25, 0.3) is 11.8 Å². The number of carbonyl (C=O) groups is 1. The number of carbonyl (C=O) groups excluding carboxylic acids is 1. The quantitative estimate of drug-likeness (QED) is 0.774. The van der Waals surface area contributed by atoms with Gasteiger partial charge in [0, 0.05) is 31.8 Å². The molecule has 1 amide bonds. The van der Waals surface area contributed by atoms with Gasteiger partial charge in [0.2, 0.25) is 5.91 Å². The van der Waals surface area contributed by atoms with Crippen LogP contribution in [-0.2, 0) is 11.2 Å². The van der Waals surface area contributed by atoms with Crippen molar-refractivity contribution >= 4 is 5.91 Å². The number of methoxy groups -OCH3 is 1. The first-order chi connectivity index (χ1) is 12.3. The van der Waals surface area contributed by atoms with Crippen LogP contribution in [0.5, 0.6) is 11.8 Å². The van der Waals surface area contributed by atoms with Gasteiger partial charge in [-0.1, -0.05) is 30.3 Å². The summed E-state index contributed by atoms with van der Waals surface area (Å²) in [5.41, 5.74) is 1.27. The van der Waals surface area contributed by atoms with Crippen LogP contribution < -0.4 is 9.47 Å². The summed E-state index contributed by atoms with van der Waals surface area (Å²) in [5.74, 6) is 0.941. The molecule has 0 saturated carbocycles. The maximum atomic E-state index is 12.4. The molecule has 3 rings (SSSR count). The zero-order valence-corrected chi connectivity index (χ0v) is 14.4. The SMILES string of the molecule is COc1nccnc1OC1CCN(C(=O)CCCc2ccccc2)C1. The van der Waals surface area contributed by atoms with Gasteiger partial charge >= 0.3 is 0 Å². The minimum atomic E-state index is -0.0660. The van der Waals surface area contributed by atoms with Crippen LogP contribution in [0.3, 0.4) is 0 Å². The zero-order chi connectivity index (χ0) is 17.5. The largest absolute Gasteiger partial charge is 0.477 e. The number of ether oxygens (including phenoxy) is 2. The van der Waals surface area contributed by atoms with E-state index in [9.17, 15) is 4.79 Å². The maximum absolute atomic E-state index is 12.4. The summed E-state index contributed by atoms with van der Waals surface area (Å²) in [6, 6.07) is 10.3. The van der Waals surface area contributed by atoms with Gasteiger partial charge in [0.05, 0.1) is 13.7 Å². The summed E-state index contributed by atoms with van der Waals surface area (Å²) < 4.78 is 11.0. The van der Waals surface area contributed by atoms with E-state index in [1.54, 1.807) is 12.4 Å². The summed E-state index contributed by atoms with van der Waals surface area (Å²) in [5, 5.41) is 0. The highest BCUT2D eigenvalue weighted by Gasteiger charge is 2.28. The molecule has 2 heterocycles. The first-order valence-corrected chi connectivity index (χ1v) is 8.59.